The highest BCUT2D eigenvalue weighted by Gasteiger charge is 2.26. The Labute approximate surface area is 123 Å². The molecule has 0 saturated heterocycles. The van der Waals surface area contributed by atoms with Crippen LogP contribution in [0.1, 0.15) is 18.4 Å². The molecule has 0 aliphatic rings. The largest absolute Gasteiger partial charge is 0.392 e. The number of aliphatic hydroxyl groups excluding tert-OH is 1. The van der Waals surface area contributed by atoms with E-state index in [0.29, 0.717) is 6.07 Å². The lowest BCUT2D eigenvalue weighted by Gasteiger charge is -2.10. The molecule has 1 rings (SSSR count). The minimum absolute atomic E-state index is 0.132. The summed E-state index contributed by atoms with van der Waals surface area (Å²) in [7, 11) is -4.18. The molecule has 2 N–H and O–H groups in total. The summed E-state index contributed by atoms with van der Waals surface area (Å²) in [4.78, 5) is -0.513. The van der Waals surface area contributed by atoms with Crippen molar-refractivity contribution in [3.63, 3.8) is 0 Å². The number of benzene rings is 1. The summed E-state index contributed by atoms with van der Waals surface area (Å²) in [5.74, 6) is -1.04. The molecular formula is C11H12ClF4NO3S. The van der Waals surface area contributed by atoms with Crippen LogP contribution >= 0.6 is 11.6 Å². The summed E-state index contributed by atoms with van der Waals surface area (Å²) in [6.45, 7) is -1.12. The Balaban J connectivity index is 2.82. The topological polar surface area (TPSA) is 66.4 Å². The van der Waals surface area contributed by atoms with Crippen LogP contribution in [0.2, 0.25) is 5.02 Å². The van der Waals surface area contributed by atoms with Gasteiger partial charge in [-0.15, -0.1) is 0 Å². The number of aliphatic hydroxyl groups is 1. The molecule has 0 bridgehead atoms. The number of nitrogens with one attached hydrogen (secondary N) is 1. The SMILES string of the molecule is O=S(=O)(NCCCC(F)(F)F)c1cc(F)c(Cl)c(CO)c1. The van der Waals surface area contributed by atoms with E-state index in [1.54, 1.807) is 0 Å². The summed E-state index contributed by atoms with van der Waals surface area (Å²) >= 11 is 5.52. The number of rotatable bonds is 6. The number of hydrogen-bond acceptors (Lipinski definition) is 3. The molecule has 0 aliphatic heterocycles. The van der Waals surface area contributed by atoms with Crippen molar-refractivity contribution >= 4 is 21.6 Å². The molecule has 0 unspecified atom stereocenters. The maximum Gasteiger partial charge on any atom is 0.389 e. The maximum atomic E-state index is 13.4. The monoisotopic (exact) mass is 349 g/mol. The Hall–Kier alpha value is -0.900. The first kappa shape index (κ1) is 18.1. The zero-order valence-electron chi connectivity index (χ0n) is 10.5. The van der Waals surface area contributed by atoms with Gasteiger partial charge in [-0.1, -0.05) is 11.6 Å². The molecule has 1 aromatic carbocycles. The minimum atomic E-state index is -4.37. The molecule has 0 radical (unpaired) electrons. The number of halogens is 5. The second-order valence-electron chi connectivity index (χ2n) is 4.15. The third kappa shape index (κ3) is 5.42. The van der Waals surface area contributed by atoms with Crippen LogP contribution in [0.15, 0.2) is 17.0 Å². The Kier molecular flexibility index (Phi) is 5.97. The van der Waals surface area contributed by atoms with E-state index in [0.717, 1.165) is 6.07 Å². The third-order valence-corrected chi connectivity index (χ3v) is 4.35. The van der Waals surface area contributed by atoms with Gasteiger partial charge in [0.2, 0.25) is 10.0 Å². The molecule has 4 nitrogen and oxygen atoms in total. The molecule has 0 fully saturated rings. The summed E-state index contributed by atoms with van der Waals surface area (Å²) < 4.78 is 74.7. The fourth-order valence-electron chi connectivity index (χ4n) is 1.47. The zero-order valence-corrected chi connectivity index (χ0v) is 12.1. The van der Waals surface area contributed by atoms with Crippen molar-refractivity contribution in [1.29, 1.82) is 0 Å². The van der Waals surface area contributed by atoms with Crippen LogP contribution in [0.4, 0.5) is 17.6 Å². The van der Waals surface area contributed by atoms with Crippen LogP contribution in [-0.4, -0.2) is 26.2 Å². The van der Waals surface area contributed by atoms with Crippen LogP contribution in [0, 0.1) is 5.82 Å². The lowest BCUT2D eigenvalue weighted by Crippen LogP contribution is -2.26. The first-order chi connectivity index (χ1) is 9.57. The van der Waals surface area contributed by atoms with E-state index in [1.165, 1.54) is 0 Å². The third-order valence-electron chi connectivity index (χ3n) is 2.49. The van der Waals surface area contributed by atoms with Gasteiger partial charge in [-0.3, -0.25) is 0 Å². The highest BCUT2D eigenvalue weighted by molar-refractivity contribution is 7.89. The zero-order chi connectivity index (χ0) is 16.3. The first-order valence-corrected chi connectivity index (χ1v) is 7.58. The van der Waals surface area contributed by atoms with E-state index in [2.05, 4.69) is 0 Å². The fourth-order valence-corrected chi connectivity index (χ4v) is 2.77. The second kappa shape index (κ2) is 6.91. The van der Waals surface area contributed by atoms with Crippen molar-refractivity contribution < 1.29 is 31.1 Å². The molecule has 0 spiro atoms. The quantitative estimate of drug-likeness (QED) is 0.613. The van der Waals surface area contributed by atoms with Gasteiger partial charge in [0.05, 0.1) is 16.5 Å². The normalized spacial score (nSPS) is 12.7. The van der Waals surface area contributed by atoms with Gasteiger partial charge in [0, 0.05) is 18.5 Å². The summed E-state index contributed by atoms with van der Waals surface area (Å²) in [6.07, 6.45) is -5.94. The van der Waals surface area contributed by atoms with Crippen molar-refractivity contribution in [1.82, 2.24) is 4.72 Å². The van der Waals surface area contributed by atoms with Crippen molar-refractivity contribution in [2.45, 2.75) is 30.5 Å². The molecule has 0 heterocycles. The van der Waals surface area contributed by atoms with E-state index >= 15 is 0 Å². The average molecular weight is 350 g/mol. The molecule has 1 aromatic rings. The van der Waals surface area contributed by atoms with E-state index in [9.17, 15) is 26.0 Å². The summed E-state index contributed by atoms with van der Waals surface area (Å²) in [5.41, 5.74) is -0.132. The average Bonchev–Trinajstić information content (AvgIpc) is 2.36. The van der Waals surface area contributed by atoms with Crippen LogP contribution in [0.5, 0.6) is 0 Å². The minimum Gasteiger partial charge on any atom is -0.392 e. The Morgan fingerprint density at radius 1 is 1.29 bits per heavy atom. The lowest BCUT2D eigenvalue weighted by molar-refractivity contribution is -0.135. The predicted octanol–water partition coefficient (Wildman–Crippen LogP) is 2.59. The van der Waals surface area contributed by atoms with E-state index in [-0.39, 0.29) is 5.56 Å². The van der Waals surface area contributed by atoms with Gasteiger partial charge in [0.15, 0.2) is 0 Å². The Morgan fingerprint density at radius 3 is 2.43 bits per heavy atom. The highest BCUT2D eigenvalue weighted by Crippen LogP contribution is 2.25. The molecule has 0 aliphatic carbocycles. The first-order valence-electron chi connectivity index (χ1n) is 5.72. The van der Waals surface area contributed by atoms with Gasteiger partial charge in [-0.2, -0.15) is 13.2 Å². The van der Waals surface area contributed by atoms with Crippen molar-refractivity contribution in [3.05, 3.63) is 28.5 Å². The van der Waals surface area contributed by atoms with Crippen molar-refractivity contribution in [2.75, 3.05) is 6.54 Å². The van der Waals surface area contributed by atoms with Gasteiger partial charge in [-0.05, 0) is 18.6 Å². The second-order valence-corrected chi connectivity index (χ2v) is 6.30. The highest BCUT2D eigenvalue weighted by atomic mass is 35.5. The van der Waals surface area contributed by atoms with Gasteiger partial charge >= 0.3 is 6.18 Å². The Bertz CT molecular complexity index is 604. The van der Waals surface area contributed by atoms with Crippen LogP contribution in [-0.2, 0) is 16.6 Å². The molecule has 21 heavy (non-hydrogen) atoms. The number of hydrogen-bond donors (Lipinski definition) is 2. The predicted molar refractivity (Wildman–Crippen MR) is 67.8 cm³/mol. The summed E-state index contributed by atoms with van der Waals surface area (Å²) in [5, 5.41) is 8.54. The van der Waals surface area contributed by atoms with Crippen LogP contribution < -0.4 is 4.72 Å². The van der Waals surface area contributed by atoms with Gasteiger partial charge in [0.25, 0.3) is 0 Å². The molecular weight excluding hydrogens is 338 g/mol. The lowest BCUT2D eigenvalue weighted by atomic mass is 10.2. The molecule has 10 heteroatoms. The fraction of sp³-hybridized carbons (Fsp3) is 0.455. The van der Waals surface area contributed by atoms with Crippen LogP contribution in [0.3, 0.4) is 0 Å². The van der Waals surface area contributed by atoms with Gasteiger partial charge in [-0.25, -0.2) is 17.5 Å². The van der Waals surface area contributed by atoms with Crippen LogP contribution in [0.25, 0.3) is 0 Å². The summed E-state index contributed by atoms with van der Waals surface area (Å²) in [6, 6.07) is 1.59. The van der Waals surface area contributed by atoms with E-state index in [1.807, 2.05) is 4.72 Å². The smallest absolute Gasteiger partial charge is 0.389 e. The number of alkyl halides is 3. The maximum absolute atomic E-state index is 13.4. The molecule has 0 saturated carbocycles. The molecule has 0 aromatic heterocycles. The van der Waals surface area contributed by atoms with Crippen molar-refractivity contribution in [2.24, 2.45) is 0 Å². The molecule has 120 valence electrons. The molecule has 0 atom stereocenters. The molecule has 0 amide bonds. The van der Waals surface area contributed by atoms with Crippen molar-refractivity contribution in [3.8, 4) is 0 Å². The standard InChI is InChI=1S/C11H12ClF4NO3S/c12-10-7(6-18)4-8(5-9(10)13)21(19,20)17-3-1-2-11(14,15)16/h4-5,17-18H,1-3,6H2. The van der Waals surface area contributed by atoms with E-state index < -0.39 is 57.9 Å². The van der Waals surface area contributed by atoms with Gasteiger partial charge < -0.3 is 5.11 Å². The number of sulfonamides is 1. The Morgan fingerprint density at radius 2 is 1.90 bits per heavy atom. The van der Waals surface area contributed by atoms with Gasteiger partial charge in [0.1, 0.15) is 5.82 Å². The van der Waals surface area contributed by atoms with E-state index in [4.69, 9.17) is 16.7 Å².